The summed E-state index contributed by atoms with van der Waals surface area (Å²) in [5, 5.41) is 0. The highest BCUT2D eigenvalue weighted by Gasteiger charge is 2.33. The molecule has 76 valence electrons. The van der Waals surface area contributed by atoms with Crippen molar-refractivity contribution < 1.29 is 19.1 Å². The lowest BCUT2D eigenvalue weighted by atomic mass is 10.2. The number of halogens is 1. The molecule has 0 aliphatic rings. The minimum absolute atomic E-state index is 0.0399. The molecule has 0 fully saturated rings. The van der Waals surface area contributed by atoms with Gasteiger partial charge < -0.3 is 10.3 Å². The van der Waals surface area contributed by atoms with E-state index in [2.05, 4.69) is 32.0 Å². The van der Waals surface area contributed by atoms with Gasteiger partial charge in [-0.3, -0.25) is 4.79 Å². The second-order valence-corrected chi connectivity index (χ2v) is 3.69. The number of hydrogen-bond donors (Lipinski definition) is 0. The summed E-state index contributed by atoms with van der Waals surface area (Å²) in [4.78, 5) is 24.3. The van der Waals surface area contributed by atoms with Crippen molar-refractivity contribution in [3.8, 4) is 0 Å². The van der Waals surface area contributed by atoms with Gasteiger partial charge in [-0.15, -0.1) is 0 Å². The summed E-state index contributed by atoms with van der Waals surface area (Å²) >= 11 is 2.95. The van der Waals surface area contributed by atoms with E-state index < -0.39 is 22.3 Å². The van der Waals surface area contributed by atoms with Gasteiger partial charge in [-0.05, 0) is 6.92 Å². The van der Waals surface area contributed by atoms with Crippen molar-refractivity contribution in [1.82, 2.24) is 0 Å². The van der Waals surface area contributed by atoms with Crippen LogP contribution < -0.4 is 0 Å². The van der Waals surface area contributed by atoms with Crippen molar-refractivity contribution in [1.29, 1.82) is 0 Å². The van der Waals surface area contributed by atoms with Crippen molar-refractivity contribution in [2.45, 2.75) is 11.8 Å². The highest BCUT2D eigenvalue weighted by atomic mass is 79.9. The van der Waals surface area contributed by atoms with Crippen LogP contribution in [0.3, 0.4) is 0 Å². The van der Waals surface area contributed by atoms with Crippen LogP contribution in [0.5, 0.6) is 0 Å². The van der Waals surface area contributed by atoms with Crippen molar-refractivity contribution >= 4 is 33.4 Å². The quantitative estimate of drug-likeness (QED) is 0.139. The highest BCUT2D eigenvalue weighted by Crippen LogP contribution is 2.00. The first kappa shape index (κ1) is 12.7. The van der Waals surface area contributed by atoms with Crippen LogP contribution in [-0.4, -0.2) is 33.7 Å². The van der Waals surface area contributed by atoms with Gasteiger partial charge in [0.05, 0.1) is 4.83 Å². The number of rotatable bonds is 5. The topological polar surface area (TPSA) is 79.8 Å². The van der Waals surface area contributed by atoms with Crippen LogP contribution in [-0.2, 0) is 14.3 Å². The van der Waals surface area contributed by atoms with Gasteiger partial charge in [0.1, 0.15) is 6.61 Å². The molecule has 0 radical (unpaired) electrons. The Hall–Kier alpha value is -1.26. The van der Waals surface area contributed by atoms with E-state index in [4.69, 9.17) is 5.53 Å². The van der Waals surface area contributed by atoms with E-state index in [0.29, 0.717) is 0 Å². The third-order valence-corrected chi connectivity index (χ3v) is 1.64. The fraction of sp³-hybridized carbons (Fsp3) is 0.375. The van der Waals surface area contributed by atoms with E-state index in [1.165, 1.54) is 13.0 Å². The number of ether oxygens (including phenoxy) is 1. The normalized spacial score (nSPS) is 11.0. The molecule has 0 heterocycles. The molecule has 0 aromatic rings. The Morgan fingerprint density at radius 1 is 1.71 bits per heavy atom. The summed E-state index contributed by atoms with van der Waals surface area (Å²) < 4.78 is 4.53. The van der Waals surface area contributed by atoms with Crippen LogP contribution in [0.1, 0.15) is 6.92 Å². The molecule has 6 heteroatoms. The molecule has 0 spiro atoms. The maximum atomic E-state index is 11.2. The molecule has 1 unspecified atom stereocenters. The lowest BCUT2D eigenvalue weighted by molar-refractivity contribution is -0.141. The fourth-order valence-electron chi connectivity index (χ4n) is 0.582. The summed E-state index contributed by atoms with van der Waals surface area (Å²) in [5.74, 6) is -1.61. The van der Waals surface area contributed by atoms with E-state index >= 15 is 0 Å². The second kappa shape index (κ2) is 6.23. The van der Waals surface area contributed by atoms with Crippen molar-refractivity contribution in [3.05, 3.63) is 18.2 Å². The molecule has 0 amide bonds. The molecule has 0 aliphatic carbocycles. The minimum atomic E-state index is -0.969. The van der Waals surface area contributed by atoms with Gasteiger partial charge in [-0.2, -0.15) is 4.79 Å². The van der Waals surface area contributed by atoms with Gasteiger partial charge in [0.2, 0.25) is 0 Å². The zero-order valence-corrected chi connectivity index (χ0v) is 9.15. The predicted octanol–water partition coefficient (Wildman–Crippen LogP) is 0.739. The molecule has 0 saturated heterocycles. The van der Waals surface area contributed by atoms with Crippen LogP contribution in [0.25, 0.3) is 5.53 Å². The Kier molecular flexibility index (Phi) is 5.67. The molecule has 14 heavy (non-hydrogen) atoms. The fourth-order valence-corrected chi connectivity index (χ4v) is 0.799. The van der Waals surface area contributed by atoms with Gasteiger partial charge in [-0.25, -0.2) is 4.79 Å². The van der Waals surface area contributed by atoms with Gasteiger partial charge in [0.15, 0.2) is 0 Å². The number of hydrogen-bond acceptors (Lipinski definition) is 3. The maximum Gasteiger partial charge on any atom is 0.442 e. The van der Waals surface area contributed by atoms with Crippen LogP contribution in [0.15, 0.2) is 12.7 Å². The lowest BCUT2D eigenvalue weighted by Crippen LogP contribution is -2.31. The molecule has 0 aromatic heterocycles. The molecule has 5 nitrogen and oxygen atoms in total. The molecule has 0 N–H and O–H groups in total. The molecule has 1 atom stereocenters. The van der Waals surface area contributed by atoms with Gasteiger partial charge in [-0.1, -0.05) is 28.6 Å². The number of carbonyl (C=O) groups excluding carboxylic acids is 2. The van der Waals surface area contributed by atoms with Crippen molar-refractivity contribution in [2.75, 3.05) is 6.61 Å². The predicted molar refractivity (Wildman–Crippen MR) is 53.2 cm³/mol. The van der Waals surface area contributed by atoms with Crippen LogP contribution in [0.4, 0.5) is 0 Å². The van der Waals surface area contributed by atoms with E-state index in [9.17, 15) is 9.59 Å². The van der Waals surface area contributed by atoms with Gasteiger partial charge in [0, 0.05) is 0 Å². The SMILES string of the molecule is C=CCOC(=O)C(=[N+]=[N-])C(=O)C(C)Br. The summed E-state index contributed by atoms with van der Waals surface area (Å²) in [7, 11) is 0. The molecule has 0 rings (SSSR count). The Morgan fingerprint density at radius 3 is 2.64 bits per heavy atom. The van der Waals surface area contributed by atoms with E-state index in [1.807, 2.05) is 0 Å². The number of ketones is 1. The zero-order valence-electron chi connectivity index (χ0n) is 7.57. The number of nitrogens with zero attached hydrogens (tertiary/aromatic N) is 2. The van der Waals surface area contributed by atoms with E-state index in [-0.39, 0.29) is 6.61 Å². The molecule has 0 bridgehead atoms. The van der Waals surface area contributed by atoms with Crippen LogP contribution in [0, 0.1) is 0 Å². The van der Waals surface area contributed by atoms with Crippen LogP contribution in [0.2, 0.25) is 0 Å². The molecule has 0 aliphatic heterocycles. The largest absolute Gasteiger partial charge is 0.453 e. The van der Waals surface area contributed by atoms with E-state index in [1.54, 1.807) is 0 Å². The summed E-state index contributed by atoms with van der Waals surface area (Å²) in [5.41, 5.74) is 7.81. The maximum absolute atomic E-state index is 11.2. The number of alkyl halides is 1. The minimum Gasteiger partial charge on any atom is -0.453 e. The monoisotopic (exact) mass is 260 g/mol. The number of Topliss-reactive ketones (excluding diaryl/α,β-unsaturated/α-hetero) is 1. The Labute approximate surface area is 89.5 Å². The first-order chi connectivity index (χ1) is 6.54. The molecule has 0 saturated carbocycles. The Balaban J connectivity index is 4.59. The molecule has 0 aromatic carbocycles. The van der Waals surface area contributed by atoms with Gasteiger partial charge in [0.25, 0.3) is 5.78 Å². The average Bonchev–Trinajstić information content (AvgIpc) is 2.15. The smallest absolute Gasteiger partial charge is 0.442 e. The first-order valence-corrected chi connectivity index (χ1v) is 4.64. The van der Waals surface area contributed by atoms with Crippen molar-refractivity contribution in [2.24, 2.45) is 0 Å². The first-order valence-electron chi connectivity index (χ1n) is 3.73. The van der Waals surface area contributed by atoms with Crippen molar-refractivity contribution in [3.63, 3.8) is 0 Å². The molecular weight excluding hydrogens is 252 g/mol. The average molecular weight is 261 g/mol. The van der Waals surface area contributed by atoms with Crippen LogP contribution >= 0.6 is 15.9 Å². The Morgan fingerprint density at radius 2 is 2.29 bits per heavy atom. The third-order valence-electron chi connectivity index (χ3n) is 1.22. The number of esters is 1. The van der Waals surface area contributed by atoms with Gasteiger partial charge >= 0.3 is 11.7 Å². The molecular formula is C8H9BrN2O3. The Bertz CT molecular complexity index is 306. The summed E-state index contributed by atoms with van der Waals surface area (Å²) in [6.45, 7) is 4.79. The van der Waals surface area contributed by atoms with E-state index in [0.717, 1.165) is 0 Å². The summed E-state index contributed by atoms with van der Waals surface area (Å²) in [6, 6.07) is 0. The standard InChI is InChI=1S/C8H9BrN2O3/c1-3-4-14-8(13)6(11-10)7(12)5(2)9/h3,5H,1,4H2,2H3. The highest BCUT2D eigenvalue weighted by molar-refractivity contribution is 9.10. The lowest BCUT2D eigenvalue weighted by Gasteiger charge is -1.98. The number of carbonyl (C=O) groups is 2. The second-order valence-electron chi connectivity index (χ2n) is 2.32. The third kappa shape index (κ3) is 3.64. The zero-order chi connectivity index (χ0) is 11.1. The summed E-state index contributed by atoms with van der Waals surface area (Å²) in [6.07, 6.45) is 1.34.